The van der Waals surface area contributed by atoms with Gasteiger partial charge in [-0.2, -0.15) is 4.98 Å². The van der Waals surface area contributed by atoms with Crippen LogP contribution < -0.4 is 15.8 Å². The summed E-state index contributed by atoms with van der Waals surface area (Å²) in [7, 11) is -3.65. The van der Waals surface area contributed by atoms with Gasteiger partial charge in [0.05, 0.1) is 11.0 Å². The van der Waals surface area contributed by atoms with Crippen LogP contribution in [0.1, 0.15) is 18.4 Å². The van der Waals surface area contributed by atoms with Gasteiger partial charge < -0.3 is 15.4 Å². The summed E-state index contributed by atoms with van der Waals surface area (Å²) in [6.07, 6.45) is 4.85. The number of benzene rings is 1. The first-order valence-electron chi connectivity index (χ1n) is 8.55. The van der Waals surface area contributed by atoms with E-state index in [2.05, 4.69) is 20.6 Å². The normalized spacial score (nSPS) is 17.2. The Balaban J connectivity index is 1.47. The first kappa shape index (κ1) is 18.6. The third-order valence-electron chi connectivity index (χ3n) is 4.14. The first-order chi connectivity index (χ1) is 12.5. The highest BCUT2D eigenvalue weighted by molar-refractivity contribution is 7.89. The summed E-state index contributed by atoms with van der Waals surface area (Å²) >= 11 is 0. The average molecular weight is 377 g/mol. The molecule has 0 bridgehead atoms. The Morgan fingerprint density at radius 1 is 1.19 bits per heavy atom. The quantitative estimate of drug-likeness (QED) is 0.635. The molecule has 1 aliphatic rings. The van der Waals surface area contributed by atoms with E-state index in [1.165, 1.54) is 12.1 Å². The van der Waals surface area contributed by atoms with Gasteiger partial charge in [0, 0.05) is 25.9 Å². The zero-order valence-corrected chi connectivity index (χ0v) is 15.2. The maximum absolute atomic E-state index is 11.2. The van der Waals surface area contributed by atoms with Crippen LogP contribution in [0.15, 0.2) is 41.4 Å². The fourth-order valence-corrected chi connectivity index (χ4v) is 3.25. The second kappa shape index (κ2) is 8.43. The van der Waals surface area contributed by atoms with E-state index in [-0.39, 0.29) is 11.0 Å². The molecule has 2 heterocycles. The minimum Gasteiger partial charge on any atom is -0.376 e. The lowest BCUT2D eigenvalue weighted by molar-refractivity contribution is 0.120. The predicted molar refractivity (Wildman–Crippen MR) is 99.5 cm³/mol. The van der Waals surface area contributed by atoms with E-state index in [0.717, 1.165) is 37.4 Å². The number of nitrogens with zero attached hydrogens (tertiary/aromatic N) is 2. The number of hydrogen-bond acceptors (Lipinski definition) is 7. The number of aromatic nitrogens is 2. The van der Waals surface area contributed by atoms with Crippen molar-refractivity contribution in [3.63, 3.8) is 0 Å². The van der Waals surface area contributed by atoms with Gasteiger partial charge in [0.1, 0.15) is 5.82 Å². The van der Waals surface area contributed by atoms with Crippen LogP contribution in [0.4, 0.5) is 11.8 Å². The molecule has 1 atom stereocenters. The molecule has 26 heavy (non-hydrogen) atoms. The van der Waals surface area contributed by atoms with E-state index in [9.17, 15) is 8.42 Å². The summed E-state index contributed by atoms with van der Waals surface area (Å²) in [5.41, 5.74) is 0.998. The van der Waals surface area contributed by atoms with Crippen LogP contribution in [-0.4, -0.2) is 44.2 Å². The van der Waals surface area contributed by atoms with Crippen LogP contribution >= 0.6 is 0 Å². The SMILES string of the molecule is NS(=O)(=O)c1ccc(CCNc2nccc(NCC3CCCO3)n2)cc1. The lowest BCUT2D eigenvalue weighted by atomic mass is 10.1. The van der Waals surface area contributed by atoms with Gasteiger partial charge in [-0.25, -0.2) is 18.5 Å². The number of sulfonamides is 1. The van der Waals surface area contributed by atoms with E-state index in [4.69, 9.17) is 9.88 Å². The summed E-state index contributed by atoms with van der Waals surface area (Å²) < 4.78 is 28.1. The maximum Gasteiger partial charge on any atom is 0.238 e. The number of ether oxygens (including phenoxy) is 1. The molecule has 8 nitrogen and oxygen atoms in total. The van der Waals surface area contributed by atoms with E-state index < -0.39 is 10.0 Å². The smallest absolute Gasteiger partial charge is 0.238 e. The van der Waals surface area contributed by atoms with Crippen LogP contribution in [0.3, 0.4) is 0 Å². The molecule has 1 unspecified atom stereocenters. The monoisotopic (exact) mass is 377 g/mol. The van der Waals surface area contributed by atoms with Crippen LogP contribution in [0, 0.1) is 0 Å². The Labute approximate surface area is 153 Å². The fraction of sp³-hybridized carbons (Fsp3) is 0.412. The Morgan fingerprint density at radius 2 is 2.00 bits per heavy atom. The minimum absolute atomic E-state index is 0.113. The van der Waals surface area contributed by atoms with Gasteiger partial charge >= 0.3 is 0 Å². The highest BCUT2D eigenvalue weighted by Crippen LogP contribution is 2.14. The molecule has 0 aliphatic carbocycles. The second-order valence-electron chi connectivity index (χ2n) is 6.15. The Morgan fingerprint density at radius 3 is 2.69 bits per heavy atom. The number of rotatable bonds is 8. The third-order valence-corrected chi connectivity index (χ3v) is 5.07. The fourth-order valence-electron chi connectivity index (χ4n) is 2.73. The van der Waals surface area contributed by atoms with Gasteiger partial charge in [0.25, 0.3) is 0 Å². The van der Waals surface area contributed by atoms with Crippen LogP contribution in [0.25, 0.3) is 0 Å². The van der Waals surface area contributed by atoms with Crippen molar-refractivity contribution in [1.82, 2.24) is 9.97 Å². The van der Waals surface area contributed by atoms with Gasteiger partial charge in [0.15, 0.2) is 0 Å². The van der Waals surface area contributed by atoms with E-state index in [0.29, 0.717) is 18.9 Å². The van der Waals surface area contributed by atoms with Gasteiger partial charge in [-0.1, -0.05) is 12.1 Å². The molecule has 0 spiro atoms. The lowest BCUT2D eigenvalue weighted by Gasteiger charge is -2.12. The molecule has 2 aromatic rings. The maximum atomic E-state index is 11.2. The van der Waals surface area contributed by atoms with Crippen LogP contribution in [-0.2, 0) is 21.2 Å². The molecule has 9 heteroatoms. The number of hydrogen-bond donors (Lipinski definition) is 3. The molecule has 0 radical (unpaired) electrons. The summed E-state index contributed by atoms with van der Waals surface area (Å²) in [5.74, 6) is 1.30. The van der Waals surface area contributed by atoms with E-state index in [1.807, 2.05) is 6.07 Å². The third kappa shape index (κ3) is 5.38. The number of nitrogens with one attached hydrogen (secondary N) is 2. The molecule has 0 amide bonds. The largest absolute Gasteiger partial charge is 0.376 e. The standard InChI is InChI=1S/C17H23N5O3S/c18-26(23,24)15-5-3-13(4-6-15)7-9-19-17-20-10-8-16(22-17)21-12-14-2-1-11-25-14/h3-6,8,10,14H,1-2,7,9,11-12H2,(H2,18,23,24)(H2,19,20,21,22). The first-order valence-corrected chi connectivity index (χ1v) is 10.1. The van der Waals surface area contributed by atoms with Gasteiger partial charge in [-0.15, -0.1) is 0 Å². The van der Waals surface area contributed by atoms with Gasteiger partial charge in [-0.3, -0.25) is 0 Å². The Kier molecular flexibility index (Phi) is 6.02. The zero-order chi connectivity index (χ0) is 18.4. The van der Waals surface area contributed by atoms with Crippen molar-refractivity contribution in [2.45, 2.75) is 30.3 Å². The predicted octanol–water partition coefficient (Wildman–Crippen LogP) is 1.37. The van der Waals surface area contributed by atoms with Gasteiger partial charge in [-0.05, 0) is 43.0 Å². The molecular formula is C17H23N5O3S. The summed E-state index contributed by atoms with van der Waals surface area (Å²) in [5, 5.41) is 11.5. The molecule has 4 N–H and O–H groups in total. The lowest BCUT2D eigenvalue weighted by Crippen LogP contribution is -2.19. The Hall–Kier alpha value is -2.23. The molecule has 3 rings (SSSR count). The molecule has 1 fully saturated rings. The van der Waals surface area contributed by atoms with Crippen molar-refractivity contribution in [3.8, 4) is 0 Å². The van der Waals surface area contributed by atoms with Crippen molar-refractivity contribution in [2.24, 2.45) is 5.14 Å². The van der Waals surface area contributed by atoms with Crippen molar-refractivity contribution in [3.05, 3.63) is 42.1 Å². The molecule has 1 aromatic carbocycles. The molecule has 1 aromatic heterocycles. The number of nitrogens with two attached hydrogens (primary N) is 1. The van der Waals surface area contributed by atoms with Crippen molar-refractivity contribution in [2.75, 3.05) is 30.3 Å². The van der Waals surface area contributed by atoms with Crippen LogP contribution in [0.2, 0.25) is 0 Å². The van der Waals surface area contributed by atoms with E-state index in [1.54, 1.807) is 18.3 Å². The molecular weight excluding hydrogens is 354 g/mol. The van der Waals surface area contributed by atoms with Crippen molar-refractivity contribution >= 4 is 21.8 Å². The number of primary sulfonamides is 1. The van der Waals surface area contributed by atoms with Gasteiger partial charge in [0.2, 0.25) is 16.0 Å². The van der Waals surface area contributed by atoms with Crippen LogP contribution in [0.5, 0.6) is 0 Å². The molecule has 1 aliphatic heterocycles. The zero-order valence-electron chi connectivity index (χ0n) is 14.4. The summed E-state index contributed by atoms with van der Waals surface area (Å²) in [6.45, 7) is 2.21. The molecule has 140 valence electrons. The topological polar surface area (TPSA) is 119 Å². The molecule has 0 saturated carbocycles. The van der Waals surface area contributed by atoms with E-state index >= 15 is 0 Å². The van der Waals surface area contributed by atoms with Crippen molar-refractivity contribution in [1.29, 1.82) is 0 Å². The summed E-state index contributed by atoms with van der Waals surface area (Å²) in [6, 6.07) is 8.35. The summed E-state index contributed by atoms with van der Waals surface area (Å²) in [4.78, 5) is 8.75. The van der Waals surface area contributed by atoms with Crippen molar-refractivity contribution < 1.29 is 13.2 Å². The minimum atomic E-state index is -3.65. The highest BCUT2D eigenvalue weighted by atomic mass is 32.2. The highest BCUT2D eigenvalue weighted by Gasteiger charge is 2.15. The average Bonchev–Trinajstić information content (AvgIpc) is 3.14. The second-order valence-corrected chi connectivity index (χ2v) is 7.71. The Bertz CT molecular complexity index is 821. The molecule has 1 saturated heterocycles. The number of anilines is 2.